The van der Waals surface area contributed by atoms with E-state index in [2.05, 4.69) is 69.9 Å². The zero-order valence-corrected chi connectivity index (χ0v) is 14.1. The topological polar surface area (TPSA) is 3.24 Å². The summed E-state index contributed by atoms with van der Waals surface area (Å²) >= 11 is 0. The molecule has 0 unspecified atom stereocenters. The Balaban J connectivity index is 2.70. The van der Waals surface area contributed by atoms with Crippen LogP contribution in [0.25, 0.3) is 5.57 Å². The molecule has 0 radical (unpaired) electrons. The zero-order chi connectivity index (χ0) is 16.4. The fourth-order valence-electron chi connectivity index (χ4n) is 2.84. The van der Waals surface area contributed by atoms with Gasteiger partial charge in [0.05, 0.1) is 0 Å². The fraction of sp³-hybridized carbons (Fsp3) is 0.333. The maximum absolute atomic E-state index is 5.85. The monoisotopic (exact) mass is 291 g/mol. The van der Waals surface area contributed by atoms with Crippen LogP contribution in [0, 0.1) is 24.2 Å². The number of allylic oxidation sites excluding steroid dienone is 2. The molecule has 0 N–H and O–H groups in total. The minimum Gasteiger partial charge on any atom is -0.341 e. The number of benzene rings is 1. The predicted molar refractivity (Wildman–Crippen MR) is 97.5 cm³/mol. The Bertz CT molecular complexity index is 680. The van der Waals surface area contributed by atoms with E-state index in [-0.39, 0.29) is 0 Å². The smallest absolute Gasteiger partial charge is 0.0497 e. The van der Waals surface area contributed by atoms with Gasteiger partial charge >= 0.3 is 0 Å². The quantitative estimate of drug-likeness (QED) is 0.683. The summed E-state index contributed by atoms with van der Waals surface area (Å²) in [6.45, 7) is 18.3. The first-order chi connectivity index (χ1) is 10.4. The molecule has 0 amide bonds. The Labute approximate surface area is 135 Å². The number of nitrogens with zero attached hydrogens (tertiary/aromatic N) is 1. The van der Waals surface area contributed by atoms with Gasteiger partial charge in [-0.2, -0.15) is 0 Å². The molecule has 1 aliphatic heterocycles. The van der Waals surface area contributed by atoms with Crippen molar-refractivity contribution in [1.29, 1.82) is 0 Å². The van der Waals surface area contributed by atoms with E-state index in [4.69, 9.17) is 6.42 Å². The summed E-state index contributed by atoms with van der Waals surface area (Å²) in [6, 6.07) is 8.30. The lowest BCUT2D eigenvalue weighted by Gasteiger charge is -2.37. The van der Waals surface area contributed by atoms with E-state index >= 15 is 0 Å². The molecule has 1 aromatic rings. The van der Waals surface area contributed by atoms with Crippen LogP contribution >= 0.6 is 0 Å². The van der Waals surface area contributed by atoms with Crippen LogP contribution < -0.4 is 4.90 Å². The van der Waals surface area contributed by atoms with Crippen molar-refractivity contribution in [2.75, 3.05) is 11.4 Å². The van der Waals surface area contributed by atoms with Gasteiger partial charge in [-0.25, -0.2) is 0 Å². The van der Waals surface area contributed by atoms with E-state index in [1.807, 2.05) is 6.07 Å². The number of anilines is 1. The third-order valence-corrected chi connectivity index (χ3v) is 4.04. The normalized spacial score (nSPS) is 14.4. The van der Waals surface area contributed by atoms with Crippen LogP contribution in [0.1, 0.15) is 33.3 Å². The predicted octanol–water partition coefficient (Wildman–Crippen LogP) is 5.28. The summed E-state index contributed by atoms with van der Waals surface area (Å²) in [5, 5.41) is 0. The van der Waals surface area contributed by atoms with E-state index in [0.717, 1.165) is 40.2 Å². The van der Waals surface area contributed by atoms with E-state index in [0.29, 0.717) is 11.8 Å². The summed E-state index contributed by atoms with van der Waals surface area (Å²) in [5.41, 5.74) is 6.24. The number of rotatable bonds is 4. The van der Waals surface area contributed by atoms with Crippen molar-refractivity contribution in [3.8, 4) is 12.3 Å². The molecular formula is C21H25N. The molecule has 22 heavy (non-hydrogen) atoms. The maximum Gasteiger partial charge on any atom is 0.0497 e. The minimum atomic E-state index is 0.335. The summed E-state index contributed by atoms with van der Waals surface area (Å²) in [4.78, 5) is 2.28. The standard InChI is InChI=1S/C21H25N/c1-8-18-19-11-9-10-12-20(19)22(13-14(2)3)17(7)21(18)16(6)15(4)5/h1,9-12,14-15H,6-7,13H2,2-5H3. The Morgan fingerprint density at radius 1 is 1.23 bits per heavy atom. The van der Waals surface area contributed by atoms with Gasteiger partial charge in [0.2, 0.25) is 0 Å². The second kappa shape index (κ2) is 6.28. The van der Waals surface area contributed by atoms with Gasteiger partial charge in [-0.05, 0) is 23.5 Å². The molecule has 1 nitrogen and oxygen atoms in total. The SMILES string of the molecule is C#CC1=C(C(=C)C(C)C)C(=C)N(CC(C)C)c2ccccc21. The van der Waals surface area contributed by atoms with E-state index < -0.39 is 0 Å². The highest BCUT2D eigenvalue weighted by Crippen LogP contribution is 2.43. The lowest BCUT2D eigenvalue weighted by atomic mass is 9.84. The second-order valence-corrected chi connectivity index (χ2v) is 6.54. The molecule has 0 spiro atoms. The molecular weight excluding hydrogens is 266 g/mol. The lowest BCUT2D eigenvalue weighted by Crippen LogP contribution is -2.31. The van der Waals surface area contributed by atoms with E-state index in [1.165, 1.54) is 0 Å². The van der Waals surface area contributed by atoms with Gasteiger partial charge in [0.1, 0.15) is 0 Å². The summed E-state index contributed by atoms with van der Waals surface area (Å²) in [5.74, 6) is 3.75. The van der Waals surface area contributed by atoms with Gasteiger partial charge in [0.25, 0.3) is 0 Å². The molecule has 0 aromatic heterocycles. The Hall–Kier alpha value is -2.20. The molecule has 0 fully saturated rings. The number of hydrogen-bond acceptors (Lipinski definition) is 1. The fourth-order valence-corrected chi connectivity index (χ4v) is 2.84. The van der Waals surface area contributed by atoms with Crippen LogP contribution in [-0.4, -0.2) is 6.54 Å². The molecule has 0 saturated carbocycles. The first kappa shape index (κ1) is 16.2. The Morgan fingerprint density at radius 2 is 1.86 bits per heavy atom. The first-order valence-corrected chi connectivity index (χ1v) is 7.84. The average Bonchev–Trinajstić information content (AvgIpc) is 2.48. The third kappa shape index (κ3) is 2.74. The van der Waals surface area contributed by atoms with Crippen molar-refractivity contribution < 1.29 is 0 Å². The van der Waals surface area contributed by atoms with Crippen molar-refractivity contribution in [2.45, 2.75) is 27.7 Å². The molecule has 1 aromatic carbocycles. The van der Waals surface area contributed by atoms with Crippen LogP contribution in [0.3, 0.4) is 0 Å². The number of fused-ring (bicyclic) bond motifs is 1. The average molecular weight is 291 g/mol. The van der Waals surface area contributed by atoms with Crippen molar-refractivity contribution in [3.63, 3.8) is 0 Å². The van der Waals surface area contributed by atoms with Gasteiger partial charge in [-0.15, -0.1) is 6.42 Å². The molecule has 1 heterocycles. The van der Waals surface area contributed by atoms with Gasteiger partial charge in [-0.3, -0.25) is 0 Å². The van der Waals surface area contributed by atoms with Gasteiger partial charge in [0, 0.05) is 34.6 Å². The number of para-hydroxylation sites is 1. The first-order valence-electron chi connectivity index (χ1n) is 7.84. The van der Waals surface area contributed by atoms with E-state index in [1.54, 1.807) is 0 Å². The summed E-state index contributed by atoms with van der Waals surface area (Å²) in [6.07, 6.45) is 5.85. The van der Waals surface area contributed by atoms with E-state index in [9.17, 15) is 0 Å². The van der Waals surface area contributed by atoms with Crippen LogP contribution in [0.5, 0.6) is 0 Å². The molecule has 114 valence electrons. The molecule has 0 saturated heterocycles. The van der Waals surface area contributed by atoms with Crippen LogP contribution in [0.15, 0.2) is 54.3 Å². The number of hydrogen-bond donors (Lipinski definition) is 0. The molecule has 1 heteroatoms. The summed E-state index contributed by atoms with van der Waals surface area (Å²) < 4.78 is 0. The van der Waals surface area contributed by atoms with Crippen molar-refractivity contribution >= 4 is 11.3 Å². The van der Waals surface area contributed by atoms with Crippen molar-refractivity contribution in [1.82, 2.24) is 0 Å². The van der Waals surface area contributed by atoms with Gasteiger partial charge < -0.3 is 4.90 Å². The highest BCUT2D eigenvalue weighted by atomic mass is 15.2. The minimum absolute atomic E-state index is 0.335. The lowest BCUT2D eigenvalue weighted by molar-refractivity contribution is 0.638. The third-order valence-electron chi connectivity index (χ3n) is 4.04. The number of terminal acetylenes is 1. The van der Waals surface area contributed by atoms with Crippen molar-refractivity contribution in [3.05, 3.63) is 59.8 Å². The molecule has 2 rings (SSSR count). The zero-order valence-electron chi connectivity index (χ0n) is 14.1. The van der Waals surface area contributed by atoms with Crippen LogP contribution in [-0.2, 0) is 0 Å². The maximum atomic E-state index is 5.85. The molecule has 0 aliphatic carbocycles. The molecule has 0 atom stereocenters. The molecule has 0 bridgehead atoms. The van der Waals surface area contributed by atoms with Crippen LogP contribution in [0.2, 0.25) is 0 Å². The summed E-state index contributed by atoms with van der Waals surface area (Å²) in [7, 11) is 0. The molecule has 1 aliphatic rings. The second-order valence-electron chi connectivity index (χ2n) is 6.54. The highest BCUT2D eigenvalue weighted by Gasteiger charge is 2.29. The van der Waals surface area contributed by atoms with Gasteiger partial charge in [0.15, 0.2) is 0 Å². The van der Waals surface area contributed by atoms with Gasteiger partial charge in [-0.1, -0.05) is 65.0 Å². The Kier molecular flexibility index (Phi) is 4.62. The van der Waals surface area contributed by atoms with Crippen molar-refractivity contribution in [2.24, 2.45) is 11.8 Å². The largest absolute Gasteiger partial charge is 0.341 e. The van der Waals surface area contributed by atoms with Crippen LogP contribution in [0.4, 0.5) is 5.69 Å². The highest BCUT2D eigenvalue weighted by molar-refractivity contribution is 5.96. The Morgan fingerprint density at radius 3 is 2.41 bits per heavy atom.